The lowest BCUT2D eigenvalue weighted by Crippen LogP contribution is -3.14. The topological polar surface area (TPSA) is 85.8 Å². The van der Waals surface area contributed by atoms with Gasteiger partial charge in [-0.1, -0.05) is 0 Å². The molecule has 1 aliphatic heterocycles. The largest absolute Gasteiger partial charge is 0.419 e. The van der Waals surface area contributed by atoms with Crippen molar-refractivity contribution in [3.63, 3.8) is 0 Å². The lowest BCUT2D eigenvalue weighted by molar-refractivity contribution is -0.909. The number of hydrogen-bond acceptors (Lipinski definition) is 4. The highest BCUT2D eigenvalue weighted by molar-refractivity contribution is 7.89. The molecule has 8 heteroatoms. The quantitative estimate of drug-likeness (QED) is 0.767. The minimum atomic E-state index is -3.61. The highest BCUT2D eigenvalue weighted by Crippen LogP contribution is 2.17. The Labute approximate surface area is 134 Å². The van der Waals surface area contributed by atoms with E-state index in [1.807, 2.05) is 0 Å². The van der Waals surface area contributed by atoms with Gasteiger partial charge in [0.25, 0.3) is 0 Å². The predicted octanol–water partition coefficient (Wildman–Crippen LogP) is -0.523. The summed E-state index contributed by atoms with van der Waals surface area (Å²) in [4.78, 5) is 13.1. The van der Waals surface area contributed by atoms with E-state index in [0.717, 1.165) is 25.9 Å². The molecule has 2 heterocycles. The Bertz CT molecular complexity index is 868. The number of rotatable bonds is 5. The van der Waals surface area contributed by atoms with Crippen molar-refractivity contribution in [1.29, 1.82) is 0 Å². The zero-order valence-corrected chi connectivity index (χ0v) is 14.1. The molecule has 3 rings (SSSR count). The maximum atomic E-state index is 12.5. The van der Waals surface area contributed by atoms with Crippen LogP contribution in [0, 0.1) is 0 Å². The van der Waals surface area contributed by atoms with Crippen molar-refractivity contribution in [3.8, 4) is 0 Å². The SMILES string of the molecule is CC[NH+]1CCC[C@@H]1CNS(=O)(=O)c1ccc2c(c1)oc(=O)n2C. The summed E-state index contributed by atoms with van der Waals surface area (Å²) >= 11 is 0. The van der Waals surface area contributed by atoms with Crippen LogP contribution in [0.3, 0.4) is 0 Å². The van der Waals surface area contributed by atoms with Gasteiger partial charge in [-0.15, -0.1) is 0 Å². The molecule has 2 atom stereocenters. The van der Waals surface area contributed by atoms with Crippen LogP contribution in [0.5, 0.6) is 0 Å². The first kappa shape index (κ1) is 16.2. The minimum absolute atomic E-state index is 0.121. The summed E-state index contributed by atoms with van der Waals surface area (Å²) in [5, 5.41) is 0. The van der Waals surface area contributed by atoms with Gasteiger partial charge in [-0.2, -0.15) is 0 Å². The molecule has 126 valence electrons. The van der Waals surface area contributed by atoms with Crippen LogP contribution in [-0.4, -0.2) is 38.7 Å². The Kier molecular flexibility index (Phi) is 4.31. The normalized spacial score (nSPS) is 22.0. The van der Waals surface area contributed by atoms with Gasteiger partial charge in [0.15, 0.2) is 5.58 Å². The first-order chi connectivity index (χ1) is 10.9. The fourth-order valence-electron chi connectivity index (χ4n) is 3.27. The number of hydrogen-bond donors (Lipinski definition) is 2. The maximum Gasteiger partial charge on any atom is 0.419 e. The van der Waals surface area contributed by atoms with E-state index in [2.05, 4.69) is 11.6 Å². The van der Waals surface area contributed by atoms with Crippen molar-refractivity contribution in [2.75, 3.05) is 19.6 Å². The summed E-state index contributed by atoms with van der Waals surface area (Å²) in [6.07, 6.45) is 2.18. The number of nitrogens with one attached hydrogen (secondary N) is 2. The van der Waals surface area contributed by atoms with Gasteiger partial charge in [0.2, 0.25) is 10.0 Å². The van der Waals surface area contributed by atoms with Gasteiger partial charge in [-0.05, 0) is 19.1 Å². The molecule has 0 saturated carbocycles. The molecule has 2 aromatic rings. The number of likely N-dealkylation sites (tertiary alicyclic amines) is 1. The van der Waals surface area contributed by atoms with Gasteiger partial charge in [0, 0.05) is 26.0 Å². The summed E-state index contributed by atoms with van der Waals surface area (Å²) < 4.78 is 34.0. The highest BCUT2D eigenvalue weighted by atomic mass is 32.2. The van der Waals surface area contributed by atoms with Crippen molar-refractivity contribution in [3.05, 3.63) is 28.7 Å². The Morgan fingerprint density at radius 1 is 1.43 bits per heavy atom. The Morgan fingerprint density at radius 3 is 2.96 bits per heavy atom. The third kappa shape index (κ3) is 3.06. The fourth-order valence-corrected chi connectivity index (χ4v) is 4.37. The summed E-state index contributed by atoms with van der Waals surface area (Å²) in [5.74, 6) is -0.504. The van der Waals surface area contributed by atoms with Crippen molar-refractivity contribution < 1.29 is 17.7 Å². The fraction of sp³-hybridized carbons (Fsp3) is 0.533. The molecule has 0 bridgehead atoms. The zero-order chi connectivity index (χ0) is 16.6. The van der Waals surface area contributed by atoms with Gasteiger partial charge in [0.05, 0.1) is 30.0 Å². The molecule has 1 fully saturated rings. The third-order valence-corrected chi connectivity index (χ3v) is 6.10. The molecule has 2 N–H and O–H groups in total. The molecule has 1 unspecified atom stereocenters. The van der Waals surface area contributed by atoms with Gasteiger partial charge >= 0.3 is 5.76 Å². The van der Waals surface area contributed by atoms with E-state index < -0.39 is 15.8 Å². The second kappa shape index (κ2) is 6.10. The standard InChI is InChI=1S/C15H21N3O4S/c1-3-18-8-4-5-11(18)10-16-23(20,21)12-6-7-13-14(9-12)22-15(19)17(13)2/h6-7,9,11,16H,3-5,8,10H2,1-2H3/p+1/t11-/m1/s1. The number of benzene rings is 1. The molecule has 1 saturated heterocycles. The number of nitrogens with zero attached hydrogens (tertiary/aromatic N) is 1. The lowest BCUT2D eigenvalue weighted by Gasteiger charge is -2.20. The van der Waals surface area contributed by atoms with Crippen LogP contribution in [0.25, 0.3) is 11.1 Å². The summed E-state index contributed by atoms with van der Waals surface area (Å²) in [6.45, 7) is 4.66. The summed E-state index contributed by atoms with van der Waals surface area (Å²) in [7, 11) is -2.02. The smallest absolute Gasteiger partial charge is 0.408 e. The molecule has 0 radical (unpaired) electrons. The summed E-state index contributed by atoms with van der Waals surface area (Å²) in [5.41, 5.74) is 0.855. The van der Waals surface area contributed by atoms with E-state index in [0.29, 0.717) is 18.1 Å². The van der Waals surface area contributed by atoms with Crippen LogP contribution >= 0.6 is 0 Å². The van der Waals surface area contributed by atoms with Gasteiger partial charge in [-0.3, -0.25) is 4.57 Å². The molecule has 23 heavy (non-hydrogen) atoms. The van der Waals surface area contributed by atoms with E-state index in [1.165, 1.54) is 21.6 Å². The zero-order valence-electron chi connectivity index (χ0n) is 13.3. The van der Waals surface area contributed by atoms with E-state index in [4.69, 9.17) is 4.42 Å². The number of quaternary nitrogens is 1. The molecule has 1 aromatic heterocycles. The maximum absolute atomic E-state index is 12.5. The average molecular weight is 340 g/mol. The van der Waals surface area contributed by atoms with Crippen LogP contribution in [0.1, 0.15) is 19.8 Å². The number of fused-ring (bicyclic) bond motifs is 1. The van der Waals surface area contributed by atoms with E-state index >= 15 is 0 Å². The van der Waals surface area contributed by atoms with Crippen molar-refractivity contribution in [2.45, 2.75) is 30.7 Å². The van der Waals surface area contributed by atoms with Gasteiger partial charge in [-0.25, -0.2) is 17.9 Å². The lowest BCUT2D eigenvalue weighted by atomic mass is 10.2. The van der Waals surface area contributed by atoms with Crippen molar-refractivity contribution in [2.24, 2.45) is 7.05 Å². The second-order valence-corrected chi connectivity index (χ2v) is 7.78. The van der Waals surface area contributed by atoms with Gasteiger partial charge < -0.3 is 9.32 Å². The molecule has 1 aliphatic rings. The van der Waals surface area contributed by atoms with Crippen LogP contribution in [-0.2, 0) is 17.1 Å². The first-order valence-electron chi connectivity index (χ1n) is 7.86. The number of oxazole rings is 1. The summed E-state index contributed by atoms with van der Waals surface area (Å²) in [6, 6.07) is 4.82. The second-order valence-electron chi connectivity index (χ2n) is 6.01. The number of sulfonamides is 1. The molecule has 7 nitrogen and oxygen atoms in total. The van der Waals surface area contributed by atoms with Crippen molar-refractivity contribution >= 4 is 21.1 Å². The van der Waals surface area contributed by atoms with Gasteiger partial charge in [0.1, 0.15) is 6.04 Å². The first-order valence-corrected chi connectivity index (χ1v) is 9.34. The molecule has 0 amide bonds. The predicted molar refractivity (Wildman–Crippen MR) is 86.0 cm³/mol. The van der Waals surface area contributed by atoms with Crippen LogP contribution in [0.4, 0.5) is 0 Å². The molecule has 0 spiro atoms. The van der Waals surface area contributed by atoms with E-state index in [9.17, 15) is 13.2 Å². The Balaban J connectivity index is 1.80. The Morgan fingerprint density at radius 2 is 2.22 bits per heavy atom. The molecule has 1 aromatic carbocycles. The average Bonchev–Trinajstić information content (AvgIpc) is 3.10. The van der Waals surface area contributed by atoms with Crippen LogP contribution in [0.15, 0.2) is 32.3 Å². The number of aromatic nitrogens is 1. The van der Waals surface area contributed by atoms with Crippen molar-refractivity contribution in [1.82, 2.24) is 9.29 Å². The highest BCUT2D eigenvalue weighted by Gasteiger charge is 2.28. The van der Waals surface area contributed by atoms with E-state index in [-0.39, 0.29) is 10.5 Å². The monoisotopic (exact) mass is 340 g/mol. The van der Waals surface area contributed by atoms with Crippen LogP contribution < -0.4 is 15.4 Å². The third-order valence-electron chi connectivity index (χ3n) is 4.68. The number of aryl methyl sites for hydroxylation is 1. The van der Waals surface area contributed by atoms with Crippen LogP contribution in [0.2, 0.25) is 0 Å². The van der Waals surface area contributed by atoms with E-state index in [1.54, 1.807) is 13.1 Å². The number of likely N-dealkylation sites (N-methyl/N-ethyl adjacent to an activating group) is 1. The molecular formula is C15H22N3O4S+. The Hall–Kier alpha value is -1.64. The minimum Gasteiger partial charge on any atom is -0.408 e. The molecular weight excluding hydrogens is 318 g/mol. The molecule has 0 aliphatic carbocycles.